The standard InChI is InChI=1S/C19H15N3O2/c1-12-16(19(23)24-2)17-14-10-6-7-11-15(14)21-22(17)18(20-12)13-8-4-3-5-9-13/h3-11H,1-2H3. The molecule has 118 valence electrons. The second-order valence-electron chi connectivity index (χ2n) is 5.53. The Labute approximate surface area is 138 Å². The summed E-state index contributed by atoms with van der Waals surface area (Å²) in [6.45, 7) is 1.82. The van der Waals surface area contributed by atoms with Crippen molar-refractivity contribution in [1.82, 2.24) is 14.6 Å². The van der Waals surface area contributed by atoms with Crippen LogP contribution in [0.5, 0.6) is 0 Å². The van der Waals surface area contributed by atoms with Gasteiger partial charge in [-0.05, 0) is 13.0 Å². The highest BCUT2D eigenvalue weighted by Crippen LogP contribution is 2.29. The minimum Gasteiger partial charge on any atom is -0.465 e. The Morgan fingerprint density at radius 2 is 1.75 bits per heavy atom. The highest BCUT2D eigenvalue weighted by molar-refractivity contribution is 6.08. The average molecular weight is 317 g/mol. The van der Waals surface area contributed by atoms with Gasteiger partial charge >= 0.3 is 5.97 Å². The molecule has 0 aliphatic heterocycles. The Bertz CT molecular complexity index is 1070. The third kappa shape index (κ3) is 2.06. The molecule has 0 aliphatic rings. The fraction of sp³-hybridized carbons (Fsp3) is 0.105. The molecule has 24 heavy (non-hydrogen) atoms. The summed E-state index contributed by atoms with van der Waals surface area (Å²) >= 11 is 0. The number of carbonyl (C=O) groups is 1. The maximum atomic E-state index is 12.3. The molecule has 5 nitrogen and oxygen atoms in total. The number of fused-ring (bicyclic) bond motifs is 3. The van der Waals surface area contributed by atoms with Crippen LogP contribution in [0.25, 0.3) is 27.8 Å². The van der Waals surface area contributed by atoms with E-state index in [2.05, 4.69) is 10.1 Å². The maximum absolute atomic E-state index is 12.3. The van der Waals surface area contributed by atoms with E-state index in [1.165, 1.54) is 7.11 Å². The van der Waals surface area contributed by atoms with Crippen LogP contribution in [0.3, 0.4) is 0 Å². The molecular weight excluding hydrogens is 302 g/mol. The van der Waals surface area contributed by atoms with Crippen molar-refractivity contribution in [2.24, 2.45) is 0 Å². The molecule has 0 amide bonds. The minimum absolute atomic E-state index is 0.407. The number of hydrogen-bond acceptors (Lipinski definition) is 4. The van der Waals surface area contributed by atoms with Crippen LogP contribution in [0.15, 0.2) is 54.6 Å². The number of ether oxygens (including phenoxy) is 1. The van der Waals surface area contributed by atoms with Gasteiger partial charge < -0.3 is 4.74 Å². The predicted octanol–water partition coefficient (Wildman–Crippen LogP) is 3.64. The number of rotatable bonds is 2. The van der Waals surface area contributed by atoms with Gasteiger partial charge in [-0.25, -0.2) is 14.3 Å². The van der Waals surface area contributed by atoms with E-state index < -0.39 is 5.97 Å². The third-order valence-electron chi connectivity index (χ3n) is 4.07. The number of benzene rings is 2. The van der Waals surface area contributed by atoms with E-state index >= 15 is 0 Å². The lowest BCUT2D eigenvalue weighted by Crippen LogP contribution is -2.11. The Hall–Kier alpha value is -3.21. The molecule has 2 aromatic heterocycles. The zero-order valence-corrected chi connectivity index (χ0v) is 13.4. The van der Waals surface area contributed by atoms with Gasteiger partial charge in [0.25, 0.3) is 0 Å². The quantitative estimate of drug-likeness (QED) is 0.530. The lowest BCUT2D eigenvalue weighted by molar-refractivity contribution is 0.0601. The monoisotopic (exact) mass is 317 g/mol. The summed E-state index contributed by atoms with van der Waals surface area (Å²) < 4.78 is 6.70. The Morgan fingerprint density at radius 3 is 2.50 bits per heavy atom. The number of carbonyl (C=O) groups excluding carboxylic acids is 1. The predicted molar refractivity (Wildman–Crippen MR) is 92.0 cm³/mol. The second-order valence-corrected chi connectivity index (χ2v) is 5.53. The van der Waals surface area contributed by atoms with Crippen LogP contribution < -0.4 is 0 Å². The van der Waals surface area contributed by atoms with Crippen LogP contribution in [0.4, 0.5) is 0 Å². The number of aromatic nitrogens is 3. The molecule has 0 atom stereocenters. The van der Waals surface area contributed by atoms with Crippen molar-refractivity contribution < 1.29 is 9.53 Å². The molecular formula is C19H15N3O2. The molecule has 2 heterocycles. The molecule has 0 saturated carbocycles. The average Bonchev–Trinajstić information content (AvgIpc) is 3.00. The van der Waals surface area contributed by atoms with E-state index in [1.54, 1.807) is 4.52 Å². The Morgan fingerprint density at radius 1 is 1.04 bits per heavy atom. The third-order valence-corrected chi connectivity index (χ3v) is 4.07. The van der Waals surface area contributed by atoms with Crippen LogP contribution in [-0.2, 0) is 4.74 Å². The van der Waals surface area contributed by atoms with Crippen LogP contribution in [0.1, 0.15) is 16.1 Å². The van der Waals surface area contributed by atoms with Gasteiger partial charge in [-0.3, -0.25) is 0 Å². The largest absolute Gasteiger partial charge is 0.465 e. The molecule has 0 radical (unpaired) electrons. The molecule has 5 heteroatoms. The summed E-state index contributed by atoms with van der Waals surface area (Å²) in [7, 11) is 1.38. The van der Waals surface area contributed by atoms with E-state index in [4.69, 9.17) is 4.74 Å². The van der Waals surface area contributed by atoms with Gasteiger partial charge in [-0.15, -0.1) is 0 Å². The number of methoxy groups -OCH3 is 1. The van der Waals surface area contributed by atoms with Gasteiger partial charge in [0.15, 0.2) is 5.82 Å². The molecule has 0 unspecified atom stereocenters. The molecule has 2 aromatic carbocycles. The smallest absolute Gasteiger partial charge is 0.341 e. The molecule has 4 rings (SSSR count). The molecule has 0 bridgehead atoms. The van der Waals surface area contributed by atoms with Gasteiger partial charge in [-0.2, -0.15) is 5.10 Å². The normalized spacial score (nSPS) is 11.1. The van der Waals surface area contributed by atoms with Gasteiger partial charge in [0.1, 0.15) is 5.56 Å². The zero-order chi connectivity index (χ0) is 16.7. The lowest BCUT2D eigenvalue weighted by Gasteiger charge is -2.10. The van der Waals surface area contributed by atoms with Crippen molar-refractivity contribution in [3.05, 3.63) is 65.9 Å². The van der Waals surface area contributed by atoms with E-state index in [9.17, 15) is 4.79 Å². The Kier molecular flexibility index (Phi) is 3.27. The van der Waals surface area contributed by atoms with E-state index in [1.807, 2.05) is 61.5 Å². The first kappa shape index (κ1) is 14.4. The van der Waals surface area contributed by atoms with Crippen molar-refractivity contribution in [1.29, 1.82) is 0 Å². The molecule has 0 aliphatic carbocycles. The van der Waals surface area contributed by atoms with E-state index in [0.29, 0.717) is 17.1 Å². The zero-order valence-electron chi connectivity index (χ0n) is 13.4. The highest BCUT2D eigenvalue weighted by atomic mass is 16.5. The van der Waals surface area contributed by atoms with Gasteiger partial charge in [0.2, 0.25) is 0 Å². The van der Waals surface area contributed by atoms with Gasteiger partial charge in [0.05, 0.1) is 23.8 Å². The second kappa shape index (κ2) is 5.45. The first-order valence-electron chi connectivity index (χ1n) is 7.62. The SMILES string of the molecule is COC(=O)c1c(C)nc(-c2ccccc2)n2nc3ccccc3c12. The summed E-state index contributed by atoms with van der Waals surface area (Å²) in [5, 5.41) is 5.56. The van der Waals surface area contributed by atoms with Crippen molar-refractivity contribution in [2.75, 3.05) is 7.11 Å². The Balaban J connectivity index is 2.20. The topological polar surface area (TPSA) is 56.5 Å². The molecule has 4 aromatic rings. The van der Waals surface area contributed by atoms with Gasteiger partial charge in [0, 0.05) is 10.9 Å². The van der Waals surface area contributed by atoms with Gasteiger partial charge in [-0.1, -0.05) is 48.5 Å². The fourth-order valence-electron chi connectivity index (χ4n) is 2.98. The minimum atomic E-state index is -0.407. The maximum Gasteiger partial charge on any atom is 0.341 e. The van der Waals surface area contributed by atoms with Crippen molar-refractivity contribution >= 4 is 22.4 Å². The van der Waals surface area contributed by atoms with E-state index in [-0.39, 0.29) is 0 Å². The molecule has 0 fully saturated rings. The van der Waals surface area contributed by atoms with Crippen LogP contribution in [-0.4, -0.2) is 27.7 Å². The molecule has 0 saturated heterocycles. The summed E-state index contributed by atoms with van der Waals surface area (Å²) in [5.41, 5.74) is 3.55. The summed E-state index contributed by atoms with van der Waals surface area (Å²) in [6, 6.07) is 17.6. The number of hydrogen-bond donors (Lipinski definition) is 0. The number of esters is 1. The first-order chi connectivity index (χ1) is 11.7. The molecule has 0 spiro atoms. The first-order valence-corrected chi connectivity index (χ1v) is 7.62. The molecule has 0 N–H and O–H groups in total. The number of nitrogens with zero attached hydrogens (tertiary/aromatic N) is 3. The van der Waals surface area contributed by atoms with Crippen molar-refractivity contribution in [3.63, 3.8) is 0 Å². The van der Waals surface area contributed by atoms with E-state index in [0.717, 1.165) is 22.0 Å². The summed E-state index contributed by atoms with van der Waals surface area (Å²) in [4.78, 5) is 17.0. The summed E-state index contributed by atoms with van der Waals surface area (Å²) in [5.74, 6) is 0.294. The fourth-order valence-corrected chi connectivity index (χ4v) is 2.98. The van der Waals surface area contributed by atoms with Crippen molar-refractivity contribution in [2.45, 2.75) is 6.92 Å². The lowest BCUT2D eigenvalue weighted by atomic mass is 10.1. The van der Waals surface area contributed by atoms with Crippen LogP contribution in [0, 0.1) is 6.92 Å². The van der Waals surface area contributed by atoms with Crippen LogP contribution >= 0.6 is 0 Å². The highest BCUT2D eigenvalue weighted by Gasteiger charge is 2.22. The van der Waals surface area contributed by atoms with Crippen LogP contribution in [0.2, 0.25) is 0 Å². The number of aryl methyl sites for hydroxylation is 1. The van der Waals surface area contributed by atoms with Crippen molar-refractivity contribution in [3.8, 4) is 11.4 Å². The summed E-state index contributed by atoms with van der Waals surface area (Å²) in [6.07, 6.45) is 0.